The quantitative estimate of drug-likeness (QED) is 0.795. The average Bonchev–Trinajstić information content (AvgIpc) is 2.29. The van der Waals surface area contributed by atoms with Crippen LogP contribution >= 0.6 is 0 Å². The molecule has 0 saturated carbocycles. The molecule has 1 heterocycles. The van der Waals surface area contributed by atoms with Gasteiger partial charge in [0.2, 0.25) is 15.9 Å². The van der Waals surface area contributed by atoms with E-state index in [0.717, 1.165) is 10.5 Å². The fraction of sp³-hybridized carbons (Fsp3) is 0.400. The van der Waals surface area contributed by atoms with Crippen LogP contribution in [-0.2, 0) is 14.8 Å². The second-order valence-electron chi connectivity index (χ2n) is 3.42. The van der Waals surface area contributed by atoms with Crippen LogP contribution in [0.4, 0.5) is 0 Å². The highest BCUT2D eigenvalue weighted by molar-refractivity contribution is 7.89. The van der Waals surface area contributed by atoms with Crippen molar-refractivity contribution in [3.8, 4) is 5.88 Å². The van der Waals surface area contributed by atoms with Crippen LogP contribution in [0.1, 0.15) is 6.92 Å². The molecule has 0 amide bonds. The Morgan fingerprint density at radius 1 is 1.50 bits per heavy atom. The van der Waals surface area contributed by atoms with Crippen molar-refractivity contribution in [1.29, 1.82) is 0 Å². The monoisotopic (exact) mass is 274 g/mol. The van der Waals surface area contributed by atoms with E-state index in [4.69, 9.17) is 9.84 Å². The summed E-state index contributed by atoms with van der Waals surface area (Å²) in [4.78, 5) is 14.2. The van der Waals surface area contributed by atoms with Gasteiger partial charge >= 0.3 is 5.97 Å². The van der Waals surface area contributed by atoms with Crippen LogP contribution < -0.4 is 4.74 Å². The van der Waals surface area contributed by atoms with Gasteiger partial charge in [0.25, 0.3) is 0 Å². The topological polar surface area (TPSA) is 96.8 Å². The van der Waals surface area contributed by atoms with E-state index in [1.54, 1.807) is 6.92 Å². The lowest BCUT2D eigenvalue weighted by Crippen LogP contribution is -2.32. The standard InChI is InChI=1S/C10H14N2O5S/c1-3-17-9-5-4-8(6-11-9)18(15,16)12(2)7-10(13)14/h4-6H,3,7H2,1-2H3,(H,13,14). The van der Waals surface area contributed by atoms with Crippen LogP contribution in [-0.4, -0.2) is 49.0 Å². The highest BCUT2D eigenvalue weighted by Crippen LogP contribution is 2.15. The number of carboxylic acid groups (broad SMARTS) is 1. The highest BCUT2D eigenvalue weighted by Gasteiger charge is 2.23. The van der Waals surface area contributed by atoms with Crippen LogP contribution in [0.5, 0.6) is 5.88 Å². The second kappa shape index (κ2) is 5.78. The SMILES string of the molecule is CCOc1ccc(S(=O)(=O)N(C)CC(=O)O)cn1. The molecule has 0 aromatic carbocycles. The van der Waals surface area contributed by atoms with Gasteiger partial charge in [-0.3, -0.25) is 4.79 Å². The maximum absolute atomic E-state index is 11.9. The number of hydrogen-bond acceptors (Lipinski definition) is 5. The fourth-order valence-corrected chi connectivity index (χ4v) is 2.27. The molecule has 1 rings (SSSR count). The molecule has 0 aliphatic carbocycles. The molecule has 1 N–H and O–H groups in total. The van der Waals surface area contributed by atoms with E-state index >= 15 is 0 Å². The lowest BCUT2D eigenvalue weighted by atomic mass is 10.5. The smallest absolute Gasteiger partial charge is 0.318 e. The molecule has 7 nitrogen and oxygen atoms in total. The van der Waals surface area contributed by atoms with E-state index in [1.807, 2.05) is 0 Å². The summed E-state index contributed by atoms with van der Waals surface area (Å²) >= 11 is 0. The maximum Gasteiger partial charge on any atom is 0.318 e. The highest BCUT2D eigenvalue weighted by atomic mass is 32.2. The predicted octanol–water partition coefficient (Wildman–Crippen LogP) is 0.185. The predicted molar refractivity (Wildman–Crippen MR) is 62.9 cm³/mol. The van der Waals surface area contributed by atoms with Gasteiger partial charge in [-0.05, 0) is 13.0 Å². The lowest BCUT2D eigenvalue weighted by Gasteiger charge is -2.14. The summed E-state index contributed by atoms with van der Waals surface area (Å²) in [6.07, 6.45) is 1.14. The van der Waals surface area contributed by atoms with Crippen LogP contribution in [0.2, 0.25) is 0 Å². The van der Waals surface area contributed by atoms with E-state index < -0.39 is 22.5 Å². The third-order valence-corrected chi connectivity index (χ3v) is 3.85. The molecule has 100 valence electrons. The van der Waals surface area contributed by atoms with Crippen LogP contribution in [0.25, 0.3) is 0 Å². The molecule has 0 saturated heterocycles. The average molecular weight is 274 g/mol. The molecular weight excluding hydrogens is 260 g/mol. The summed E-state index contributed by atoms with van der Waals surface area (Å²) in [5.74, 6) is -0.905. The molecule has 1 aromatic heterocycles. The third-order valence-electron chi connectivity index (χ3n) is 2.07. The first-order valence-corrected chi connectivity index (χ1v) is 6.59. The minimum atomic E-state index is -3.83. The molecule has 18 heavy (non-hydrogen) atoms. The number of aliphatic carboxylic acids is 1. The number of nitrogens with zero attached hydrogens (tertiary/aromatic N) is 2. The van der Waals surface area contributed by atoms with Gasteiger partial charge in [0.1, 0.15) is 11.4 Å². The van der Waals surface area contributed by atoms with Gasteiger partial charge in [-0.1, -0.05) is 0 Å². The molecule has 0 aliphatic rings. The molecule has 0 unspecified atom stereocenters. The Kier molecular flexibility index (Phi) is 4.62. The first-order chi connectivity index (χ1) is 8.37. The zero-order valence-electron chi connectivity index (χ0n) is 10.0. The van der Waals surface area contributed by atoms with Crippen molar-refractivity contribution in [3.63, 3.8) is 0 Å². The minimum Gasteiger partial charge on any atom is -0.480 e. The molecule has 0 atom stereocenters. The summed E-state index contributed by atoms with van der Waals surface area (Å²) in [5, 5.41) is 8.57. The molecule has 0 radical (unpaired) electrons. The number of likely N-dealkylation sites (N-methyl/N-ethyl adjacent to an activating group) is 1. The Morgan fingerprint density at radius 2 is 2.17 bits per heavy atom. The zero-order valence-corrected chi connectivity index (χ0v) is 10.8. The van der Waals surface area contributed by atoms with Crippen LogP contribution in [0, 0.1) is 0 Å². The van der Waals surface area contributed by atoms with Crippen molar-refractivity contribution in [3.05, 3.63) is 18.3 Å². The Morgan fingerprint density at radius 3 is 2.61 bits per heavy atom. The van der Waals surface area contributed by atoms with Crippen molar-refractivity contribution >= 4 is 16.0 Å². The Labute approximate surface area is 105 Å². The summed E-state index contributed by atoms with van der Waals surface area (Å²) in [5.41, 5.74) is 0. The van der Waals surface area contributed by atoms with E-state index in [1.165, 1.54) is 19.2 Å². The number of aromatic nitrogens is 1. The number of ether oxygens (including phenoxy) is 1. The number of pyridine rings is 1. The summed E-state index contributed by atoms with van der Waals surface area (Å²) in [6, 6.07) is 2.75. The first-order valence-electron chi connectivity index (χ1n) is 5.15. The number of carbonyl (C=O) groups is 1. The largest absolute Gasteiger partial charge is 0.480 e. The van der Waals surface area contributed by atoms with Crippen molar-refractivity contribution in [1.82, 2.24) is 9.29 Å². The number of carboxylic acids is 1. The number of rotatable bonds is 6. The Balaban J connectivity index is 2.94. The van der Waals surface area contributed by atoms with E-state index in [2.05, 4.69) is 4.98 Å². The van der Waals surface area contributed by atoms with E-state index in [0.29, 0.717) is 12.5 Å². The number of hydrogen-bond donors (Lipinski definition) is 1. The van der Waals surface area contributed by atoms with Crippen molar-refractivity contribution in [2.75, 3.05) is 20.2 Å². The van der Waals surface area contributed by atoms with Crippen LogP contribution in [0.15, 0.2) is 23.2 Å². The van der Waals surface area contributed by atoms with Crippen molar-refractivity contribution in [2.24, 2.45) is 0 Å². The maximum atomic E-state index is 11.9. The van der Waals surface area contributed by atoms with Gasteiger partial charge in [0.15, 0.2) is 0 Å². The summed E-state index contributed by atoms with van der Waals surface area (Å²) in [7, 11) is -2.64. The molecule has 0 bridgehead atoms. The molecule has 0 spiro atoms. The molecular formula is C10H14N2O5S. The van der Waals surface area contributed by atoms with Gasteiger partial charge < -0.3 is 9.84 Å². The number of sulfonamides is 1. The van der Waals surface area contributed by atoms with E-state index in [9.17, 15) is 13.2 Å². The second-order valence-corrected chi connectivity index (χ2v) is 5.46. The zero-order chi connectivity index (χ0) is 13.8. The molecule has 0 fully saturated rings. The lowest BCUT2D eigenvalue weighted by molar-refractivity contribution is -0.137. The summed E-state index contributed by atoms with van der Waals surface area (Å²) < 4.78 is 29.7. The van der Waals surface area contributed by atoms with E-state index in [-0.39, 0.29) is 4.90 Å². The van der Waals surface area contributed by atoms with Gasteiger partial charge in [0.05, 0.1) is 12.8 Å². The van der Waals surface area contributed by atoms with Gasteiger partial charge in [-0.2, -0.15) is 4.31 Å². The first kappa shape index (κ1) is 14.4. The third kappa shape index (κ3) is 3.41. The van der Waals surface area contributed by atoms with Crippen molar-refractivity contribution < 1.29 is 23.1 Å². The van der Waals surface area contributed by atoms with Gasteiger partial charge in [0, 0.05) is 13.1 Å². The van der Waals surface area contributed by atoms with Crippen molar-refractivity contribution in [2.45, 2.75) is 11.8 Å². The van der Waals surface area contributed by atoms with Gasteiger partial charge in [-0.15, -0.1) is 0 Å². The van der Waals surface area contributed by atoms with Gasteiger partial charge in [-0.25, -0.2) is 13.4 Å². The Bertz CT molecular complexity index is 512. The van der Waals surface area contributed by atoms with Crippen LogP contribution in [0.3, 0.4) is 0 Å². The fourth-order valence-electron chi connectivity index (χ4n) is 1.21. The Hall–Kier alpha value is -1.67. The normalized spacial score (nSPS) is 11.5. The molecule has 0 aliphatic heterocycles. The minimum absolute atomic E-state index is 0.0743. The molecule has 1 aromatic rings. The molecule has 8 heteroatoms. The summed E-state index contributed by atoms with van der Waals surface area (Å²) in [6.45, 7) is 1.61.